The van der Waals surface area contributed by atoms with E-state index in [1.54, 1.807) is 4.72 Å². The minimum atomic E-state index is -4.83. The zero-order chi connectivity index (χ0) is 23.0. The molecule has 1 N–H and O–H groups in total. The average Bonchev–Trinajstić information content (AvgIpc) is 3.22. The Morgan fingerprint density at radius 1 is 0.903 bits per heavy atom. The Balaban J connectivity index is 1.80. The van der Waals surface area contributed by atoms with Gasteiger partial charge in [0.1, 0.15) is 5.82 Å². The van der Waals surface area contributed by atoms with Crippen molar-refractivity contribution in [1.29, 1.82) is 0 Å². The second kappa shape index (κ2) is 8.20. The molecule has 1 heterocycles. The number of hydrogen-bond acceptors (Lipinski definition) is 5. The molecule has 0 radical (unpaired) electrons. The maximum absolute atomic E-state index is 13.9. The Hall–Kier alpha value is -2.51. The topological polar surface area (TPSA) is 101 Å². The second-order valence-corrected chi connectivity index (χ2v) is 10.3. The minimum absolute atomic E-state index is 0.0829. The first kappa shape index (κ1) is 23.2. The summed E-state index contributed by atoms with van der Waals surface area (Å²) >= 11 is 0. The Kier molecular flexibility index (Phi) is 6.13. The molecular formula is C18H16F4N2O5S2. The third kappa shape index (κ3) is 4.88. The van der Waals surface area contributed by atoms with Gasteiger partial charge in [-0.1, -0.05) is 0 Å². The standard InChI is InChI=1S/C18H16F4N2O5S2/c19-16-11-12(18(20,21)22)3-8-15(16)17(25)23-30(26,27)13-4-6-14(7-5-13)31(28,29)24-9-1-2-10-24/h3-8,11H,1-2,9-10H2,(H,23,25). The lowest BCUT2D eigenvalue weighted by molar-refractivity contribution is -0.137. The summed E-state index contributed by atoms with van der Waals surface area (Å²) in [6.45, 7) is 0.717. The van der Waals surface area contributed by atoms with Crippen LogP contribution in [0.1, 0.15) is 28.8 Å². The van der Waals surface area contributed by atoms with Crippen LogP contribution in [-0.2, 0) is 26.2 Å². The number of alkyl halides is 3. The van der Waals surface area contributed by atoms with Crippen molar-refractivity contribution in [2.24, 2.45) is 0 Å². The van der Waals surface area contributed by atoms with Gasteiger partial charge in [-0.15, -0.1) is 0 Å². The Morgan fingerprint density at radius 3 is 1.97 bits per heavy atom. The first-order chi connectivity index (χ1) is 14.3. The van der Waals surface area contributed by atoms with Crippen LogP contribution in [0.15, 0.2) is 52.3 Å². The molecule has 13 heteroatoms. The van der Waals surface area contributed by atoms with Gasteiger partial charge in [0.25, 0.3) is 15.9 Å². The second-order valence-electron chi connectivity index (χ2n) is 6.71. The summed E-state index contributed by atoms with van der Waals surface area (Å²) in [7, 11) is -8.32. The van der Waals surface area contributed by atoms with E-state index < -0.39 is 54.0 Å². The molecule has 0 aromatic heterocycles. The van der Waals surface area contributed by atoms with E-state index in [0.29, 0.717) is 25.2 Å². The molecule has 0 unspecified atom stereocenters. The molecule has 1 amide bonds. The molecule has 168 valence electrons. The molecule has 0 atom stereocenters. The fourth-order valence-corrected chi connectivity index (χ4v) is 5.46. The first-order valence-electron chi connectivity index (χ1n) is 8.86. The van der Waals surface area contributed by atoms with E-state index in [2.05, 4.69) is 0 Å². The van der Waals surface area contributed by atoms with E-state index in [1.165, 1.54) is 4.31 Å². The fraction of sp³-hybridized carbons (Fsp3) is 0.278. The fourth-order valence-electron chi connectivity index (χ4n) is 2.98. The van der Waals surface area contributed by atoms with Crippen molar-refractivity contribution >= 4 is 26.0 Å². The summed E-state index contributed by atoms with van der Waals surface area (Å²) in [5.41, 5.74) is -2.23. The van der Waals surface area contributed by atoms with Crippen LogP contribution < -0.4 is 4.72 Å². The van der Waals surface area contributed by atoms with Crippen molar-refractivity contribution in [2.75, 3.05) is 13.1 Å². The predicted octanol–water partition coefficient (Wildman–Crippen LogP) is 2.75. The van der Waals surface area contributed by atoms with Crippen molar-refractivity contribution in [2.45, 2.75) is 28.8 Å². The summed E-state index contributed by atoms with van der Waals surface area (Å²) in [5, 5.41) is 0. The van der Waals surface area contributed by atoms with Crippen LogP contribution in [0, 0.1) is 5.82 Å². The normalized spacial score (nSPS) is 15.7. The van der Waals surface area contributed by atoms with E-state index >= 15 is 0 Å². The van der Waals surface area contributed by atoms with Gasteiger partial charge in [-0.3, -0.25) is 4.79 Å². The highest BCUT2D eigenvalue weighted by Gasteiger charge is 2.32. The molecule has 7 nitrogen and oxygen atoms in total. The van der Waals surface area contributed by atoms with Crippen LogP contribution in [0.5, 0.6) is 0 Å². The van der Waals surface area contributed by atoms with Crippen molar-refractivity contribution < 1.29 is 39.2 Å². The van der Waals surface area contributed by atoms with Gasteiger partial charge in [0.05, 0.1) is 20.9 Å². The van der Waals surface area contributed by atoms with Gasteiger partial charge in [-0.05, 0) is 55.3 Å². The number of nitrogens with one attached hydrogen (secondary N) is 1. The minimum Gasteiger partial charge on any atom is -0.268 e. The monoisotopic (exact) mass is 480 g/mol. The molecule has 1 aliphatic heterocycles. The number of carbonyl (C=O) groups is 1. The summed E-state index contributed by atoms with van der Waals surface area (Å²) in [5.74, 6) is -3.02. The van der Waals surface area contributed by atoms with E-state index in [1.807, 2.05) is 0 Å². The van der Waals surface area contributed by atoms with Gasteiger partial charge in [-0.2, -0.15) is 17.5 Å². The highest BCUT2D eigenvalue weighted by molar-refractivity contribution is 7.90. The van der Waals surface area contributed by atoms with Crippen LogP contribution in [0.4, 0.5) is 17.6 Å². The van der Waals surface area contributed by atoms with Crippen LogP contribution in [-0.4, -0.2) is 40.1 Å². The molecule has 0 aliphatic carbocycles. The number of rotatable bonds is 5. The lowest BCUT2D eigenvalue weighted by Gasteiger charge is -2.15. The Bertz CT molecular complexity index is 1200. The van der Waals surface area contributed by atoms with Crippen LogP contribution in [0.3, 0.4) is 0 Å². The summed E-state index contributed by atoms with van der Waals surface area (Å²) in [4.78, 5) is 11.5. The Morgan fingerprint density at radius 2 is 1.45 bits per heavy atom. The van der Waals surface area contributed by atoms with E-state index in [4.69, 9.17) is 0 Å². The molecule has 1 aliphatic rings. The van der Waals surface area contributed by atoms with Crippen molar-refractivity contribution in [3.8, 4) is 0 Å². The van der Waals surface area contributed by atoms with Gasteiger partial charge >= 0.3 is 6.18 Å². The summed E-state index contributed by atoms with van der Waals surface area (Å²) in [6.07, 6.45) is -3.39. The van der Waals surface area contributed by atoms with Crippen molar-refractivity contribution in [3.63, 3.8) is 0 Å². The summed E-state index contributed by atoms with van der Waals surface area (Å²) in [6, 6.07) is 5.09. The van der Waals surface area contributed by atoms with Gasteiger partial charge in [0.15, 0.2) is 0 Å². The summed E-state index contributed by atoms with van der Waals surface area (Å²) < 4.78 is 104. The van der Waals surface area contributed by atoms with Gasteiger partial charge in [0, 0.05) is 13.1 Å². The molecule has 0 saturated carbocycles. The van der Waals surface area contributed by atoms with Gasteiger partial charge in [-0.25, -0.2) is 25.9 Å². The molecular weight excluding hydrogens is 464 g/mol. The lowest BCUT2D eigenvalue weighted by atomic mass is 10.1. The maximum Gasteiger partial charge on any atom is 0.416 e. The lowest BCUT2D eigenvalue weighted by Crippen LogP contribution is -2.31. The van der Waals surface area contributed by atoms with Gasteiger partial charge in [0.2, 0.25) is 10.0 Å². The average molecular weight is 480 g/mol. The molecule has 3 rings (SSSR count). The van der Waals surface area contributed by atoms with E-state index in [9.17, 15) is 39.2 Å². The zero-order valence-electron chi connectivity index (χ0n) is 15.7. The van der Waals surface area contributed by atoms with Crippen molar-refractivity contribution in [3.05, 3.63) is 59.4 Å². The maximum atomic E-state index is 13.9. The molecule has 2 aromatic rings. The van der Waals surface area contributed by atoms with Crippen LogP contribution in [0.2, 0.25) is 0 Å². The van der Waals surface area contributed by atoms with Crippen LogP contribution >= 0.6 is 0 Å². The van der Waals surface area contributed by atoms with E-state index in [0.717, 1.165) is 37.1 Å². The molecule has 0 bridgehead atoms. The molecule has 31 heavy (non-hydrogen) atoms. The predicted molar refractivity (Wildman–Crippen MR) is 100 cm³/mol. The Labute approximate surface area is 175 Å². The number of hydrogen-bond donors (Lipinski definition) is 1. The number of sulfonamides is 2. The number of halogens is 4. The number of carbonyl (C=O) groups excluding carboxylic acids is 1. The number of benzene rings is 2. The first-order valence-corrected chi connectivity index (χ1v) is 11.8. The number of nitrogens with zero attached hydrogens (tertiary/aromatic N) is 1. The molecule has 1 saturated heterocycles. The molecule has 2 aromatic carbocycles. The van der Waals surface area contributed by atoms with Gasteiger partial charge < -0.3 is 0 Å². The smallest absolute Gasteiger partial charge is 0.268 e. The largest absolute Gasteiger partial charge is 0.416 e. The SMILES string of the molecule is O=C(NS(=O)(=O)c1ccc(S(=O)(=O)N2CCCC2)cc1)c1ccc(C(F)(F)F)cc1F. The molecule has 1 fully saturated rings. The highest BCUT2D eigenvalue weighted by atomic mass is 32.2. The molecule has 0 spiro atoms. The van der Waals surface area contributed by atoms with E-state index in [-0.39, 0.29) is 11.0 Å². The highest BCUT2D eigenvalue weighted by Crippen LogP contribution is 2.30. The zero-order valence-corrected chi connectivity index (χ0v) is 17.3. The third-order valence-electron chi connectivity index (χ3n) is 4.60. The quantitative estimate of drug-likeness (QED) is 0.664. The number of amides is 1. The van der Waals surface area contributed by atoms with Crippen molar-refractivity contribution in [1.82, 2.24) is 9.03 Å². The van der Waals surface area contributed by atoms with Crippen LogP contribution in [0.25, 0.3) is 0 Å². The third-order valence-corrected chi connectivity index (χ3v) is 7.86.